The molecule has 4 heterocycles. The second-order valence-corrected chi connectivity index (χ2v) is 8.14. The van der Waals surface area contributed by atoms with Crippen molar-refractivity contribution >= 4 is 33.3 Å². The van der Waals surface area contributed by atoms with Gasteiger partial charge in [-0.2, -0.15) is 13.2 Å². The van der Waals surface area contributed by atoms with Crippen LogP contribution >= 0.6 is 11.3 Å². The summed E-state index contributed by atoms with van der Waals surface area (Å²) in [6.45, 7) is 2.13. The van der Waals surface area contributed by atoms with Crippen LogP contribution in [0.1, 0.15) is 11.3 Å². The van der Waals surface area contributed by atoms with Crippen LogP contribution in [0.5, 0.6) is 0 Å². The summed E-state index contributed by atoms with van der Waals surface area (Å²) in [5.41, 5.74) is 0. The maximum Gasteiger partial charge on any atom is 0.393 e. The van der Waals surface area contributed by atoms with E-state index >= 15 is 0 Å². The molecule has 4 rings (SSSR count). The second-order valence-electron chi connectivity index (χ2n) is 7.03. The zero-order valence-corrected chi connectivity index (χ0v) is 15.7. The summed E-state index contributed by atoms with van der Waals surface area (Å²) in [6.07, 6.45) is -4.70. The first-order valence-corrected chi connectivity index (χ1v) is 9.83. The Bertz CT molecular complexity index is 865. The van der Waals surface area contributed by atoms with Crippen molar-refractivity contribution < 1.29 is 22.4 Å². The van der Waals surface area contributed by atoms with E-state index in [1.165, 1.54) is 12.4 Å². The molecule has 0 unspecified atom stereocenters. The third-order valence-corrected chi connectivity index (χ3v) is 6.04. The Morgan fingerprint density at radius 2 is 2.00 bits per heavy atom. The van der Waals surface area contributed by atoms with Crippen molar-refractivity contribution in [2.45, 2.75) is 31.2 Å². The van der Waals surface area contributed by atoms with Crippen molar-refractivity contribution in [2.75, 3.05) is 37.6 Å². The van der Waals surface area contributed by atoms with Crippen molar-refractivity contribution in [1.82, 2.24) is 20.2 Å². The largest absolute Gasteiger partial charge is 0.393 e. The molecule has 0 aromatic carbocycles. The maximum absolute atomic E-state index is 13.3. The number of piperazine rings is 1. The highest BCUT2D eigenvalue weighted by molar-refractivity contribution is 7.18. The average molecular weight is 417 g/mol. The van der Waals surface area contributed by atoms with Crippen LogP contribution in [-0.2, 0) is 11.2 Å². The molecule has 0 saturated carbocycles. The Labute approximate surface area is 162 Å². The zero-order chi connectivity index (χ0) is 19.9. The first-order chi connectivity index (χ1) is 13.3. The fourth-order valence-corrected chi connectivity index (χ4v) is 4.69. The molecule has 2 saturated heterocycles. The van der Waals surface area contributed by atoms with Crippen LogP contribution < -0.4 is 10.2 Å². The van der Waals surface area contributed by atoms with Gasteiger partial charge < -0.3 is 15.1 Å². The van der Waals surface area contributed by atoms with Gasteiger partial charge in [0.25, 0.3) is 0 Å². The maximum atomic E-state index is 13.3. The number of alkyl halides is 4. The van der Waals surface area contributed by atoms with E-state index in [0.717, 1.165) is 11.3 Å². The molecule has 0 radical (unpaired) electrons. The van der Waals surface area contributed by atoms with Gasteiger partial charge in [-0.1, -0.05) is 0 Å². The lowest BCUT2D eigenvalue weighted by Crippen LogP contribution is -2.53. The van der Waals surface area contributed by atoms with Gasteiger partial charge in [-0.05, 0) is 6.07 Å². The summed E-state index contributed by atoms with van der Waals surface area (Å²) in [4.78, 5) is 25.2. The smallest absolute Gasteiger partial charge is 0.352 e. The number of rotatable bonds is 3. The van der Waals surface area contributed by atoms with Crippen LogP contribution in [0.25, 0.3) is 10.2 Å². The minimum atomic E-state index is -4.27. The van der Waals surface area contributed by atoms with Crippen LogP contribution in [-0.4, -0.2) is 71.9 Å². The molecule has 2 aromatic heterocycles. The standard InChI is InChI=1S/C17H19F4N5OS/c18-10-5-13(22-8-10)16(27)26-3-1-25(2-4-26)14-12-6-11(7-17(19,20)21)28-15(12)24-9-23-14/h6,9-10,13,22H,1-5,7-8H2/t10-,13-/m0/s1. The number of carbonyl (C=O) groups excluding carboxylic acids is 1. The van der Waals surface area contributed by atoms with E-state index in [1.54, 1.807) is 4.90 Å². The monoisotopic (exact) mass is 417 g/mol. The molecule has 1 amide bonds. The fraction of sp³-hybridized carbons (Fsp3) is 0.588. The van der Waals surface area contributed by atoms with Crippen LogP contribution in [0.3, 0.4) is 0 Å². The molecule has 0 spiro atoms. The number of aromatic nitrogens is 2. The van der Waals surface area contributed by atoms with Gasteiger partial charge in [0.05, 0.1) is 17.8 Å². The molecular weight excluding hydrogens is 398 g/mol. The lowest BCUT2D eigenvalue weighted by Gasteiger charge is -2.36. The summed E-state index contributed by atoms with van der Waals surface area (Å²) in [5.74, 6) is 0.486. The van der Waals surface area contributed by atoms with Crippen LogP contribution in [0.4, 0.5) is 23.4 Å². The van der Waals surface area contributed by atoms with Gasteiger partial charge in [-0.25, -0.2) is 14.4 Å². The Morgan fingerprint density at radius 3 is 2.64 bits per heavy atom. The molecule has 1 N–H and O–H groups in total. The number of amides is 1. The summed E-state index contributed by atoms with van der Waals surface area (Å²) in [6, 6.07) is 1.03. The van der Waals surface area contributed by atoms with Gasteiger partial charge in [-0.15, -0.1) is 11.3 Å². The number of thiophene rings is 1. The topological polar surface area (TPSA) is 61.4 Å². The van der Waals surface area contributed by atoms with Crippen molar-refractivity contribution in [3.05, 3.63) is 17.3 Å². The molecule has 0 aliphatic carbocycles. The van der Waals surface area contributed by atoms with E-state index in [1.807, 2.05) is 4.90 Å². The average Bonchev–Trinajstić information content (AvgIpc) is 3.25. The lowest BCUT2D eigenvalue weighted by atomic mass is 10.1. The van der Waals surface area contributed by atoms with E-state index in [0.29, 0.717) is 42.2 Å². The molecule has 28 heavy (non-hydrogen) atoms. The van der Waals surface area contributed by atoms with Crippen LogP contribution in [0.15, 0.2) is 12.4 Å². The second kappa shape index (κ2) is 7.43. The van der Waals surface area contributed by atoms with Gasteiger partial charge in [0.2, 0.25) is 5.91 Å². The summed E-state index contributed by atoms with van der Waals surface area (Å²) < 4.78 is 51.4. The molecule has 2 aromatic rings. The SMILES string of the molecule is O=C([C@@H]1C[C@H](F)CN1)N1CCN(c2ncnc3sc(CC(F)(F)F)cc23)CC1. The summed E-state index contributed by atoms with van der Waals surface area (Å²) in [7, 11) is 0. The van der Waals surface area contributed by atoms with E-state index in [-0.39, 0.29) is 23.7 Å². The molecule has 152 valence electrons. The third-order valence-electron chi connectivity index (χ3n) is 5.00. The lowest BCUT2D eigenvalue weighted by molar-refractivity contribution is -0.133. The van der Waals surface area contributed by atoms with Gasteiger partial charge >= 0.3 is 6.18 Å². The van der Waals surface area contributed by atoms with Gasteiger partial charge in [0.1, 0.15) is 23.1 Å². The van der Waals surface area contributed by atoms with E-state index in [2.05, 4.69) is 15.3 Å². The molecule has 11 heteroatoms. The number of nitrogens with zero attached hydrogens (tertiary/aromatic N) is 4. The van der Waals surface area contributed by atoms with Gasteiger partial charge in [-0.3, -0.25) is 4.79 Å². The Morgan fingerprint density at radius 1 is 1.25 bits per heavy atom. The summed E-state index contributed by atoms with van der Waals surface area (Å²) >= 11 is 1.02. The quantitative estimate of drug-likeness (QED) is 0.776. The van der Waals surface area contributed by atoms with Gasteiger partial charge in [0.15, 0.2) is 0 Å². The minimum absolute atomic E-state index is 0.101. The minimum Gasteiger partial charge on any atom is -0.352 e. The number of hydrogen-bond donors (Lipinski definition) is 1. The van der Waals surface area contributed by atoms with Gasteiger partial charge in [0, 0.05) is 44.0 Å². The number of anilines is 1. The molecule has 2 aliphatic rings. The molecule has 2 fully saturated rings. The van der Waals surface area contributed by atoms with E-state index < -0.39 is 24.8 Å². The van der Waals surface area contributed by atoms with Crippen molar-refractivity contribution in [2.24, 2.45) is 0 Å². The highest BCUT2D eigenvalue weighted by Gasteiger charge is 2.34. The van der Waals surface area contributed by atoms with Crippen molar-refractivity contribution in [1.29, 1.82) is 0 Å². The Kier molecular flexibility index (Phi) is 5.13. The number of carbonyl (C=O) groups is 1. The Balaban J connectivity index is 1.45. The van der Waals surface area contributed by atoms with E-state index in [9.17, 15) is 22.4 Å². The summed E-state index contributed by atoms with van der Waals surface area (Å²) in [5, 5.41) is 3.50. The molecular formula is C17H19F4N5OS. The molecule has 2 atom stereocenters. The predicted octanol–water partition coefficient (Wildman–Crippen LogP) is 2.14. The highest BCUT2D eigenvalue weighted by atomic mass is 32.1. The molecule has 6 nitrogen and oxygen atoms in total. The highest BCUT2D eigenvalue weighted by Crippen LogP contribution is 2.34. The number of nitrogens with one attached hydrogen (secondary N) is 1. The molecule has 0 bridgehead atoms. The predicted molar refractivity (Wildman–Crippen MR) is 97.3 cm³/mol. The van der Waals surface area contributed by atoms with Crippen LogP contribution in [0.2, 0.25) is 0 Å². The Hall–Kier alpha value is -2.01. The van der Waals surface area contributed by atoms with Crippen LogP contribution in [0, 0.1) is 0 Å². The normalized spacial score (nSPS) is 23.6. The van der Waals surface area contributed by atoms with Crippen molar-refractivity contribution in [3.8, 4) is 0 Å². The van der Waals surface area contributed by atoms with Crippen molar-refractivity contribution in [3.63, 3.8) is 0 Å². The molecule has 2 aliphatic heterocycles. The fourth-order valence-electron chi connectivity index (χ4n) is 3.67. The first-order valence-electron chi connectivity index (χ1n) is 9.01. The zero-order valence-electron chi connectivity index (χ0n) is 14.9. The number of fused-ring (bicyclic) bond motifs is 1. The number of hydrogen-bond acceptors (Lipinski definition) is 6. The number of halogens is 4. The first kappa shape index (κ1) is 19.3. The third kappa shape index (κ3) is 4.04. The van der Waals surface area contributed by atoms with E-state index in [4.69, 9.17) is 0 Å².